The molecule has 0 amide bonds. The van der Waals surface area contributed by atoms with Crippen molar-refractivity contribution in [3.05, 3.63) is 498 Å². The predicted molar refractivity (Wildman–Crippen MR) is 578 cm³/mol. The quantitative estimate of drug-likeness (QED) is 0.0790. The monoisotopic (exact) mass is 1980 g/mol. The van der Waals surface area contributed by atoms with Crippen LogP contribution in [-0.2, 0) is 9.59 Å². The largest absolute Gasteiger partial charge is 0.489 e. The first-order chi connectivity index (χ1) is 66.6. The number of hydrogen-bond donors (Lipinski definition) is 4. The summed E-state index contributed by atoms with van der Waals surface area (Å²) in [5, 5.41) is 44.6. The highest BCUT2D eigenvalue weighted by Crippen LogP contribution is 2.63. The average Bonchev–Trinajstić information content (AvgIpc) is 1.54. The number of carboxylic acids is 1. The van der Waals surface area contributed by atoms with Crippen LogP contribution in [0.25, 0.3) is 187 Å². The Morgan fingerprint density at radius 1 is 0.250 bits per heavy atom. The molecule has 0 atom stereocenters. The minimum Gasteiger partial charge on any atom is -0.478 e. The number of allylic oxidation sites excluding steroid dienone is 8. The van der Waals surface area contributed by atoms with Crippen LogP contribution in [0.15, 0.2) is 438 Å². The topological polar surface area (TPSA) is 138 Å². The molecule has 0 bridgehead atoms. The predicted octanol–water partition coefficient (Wildman–Crippen LogP) is 32.2. The van der Waals surface area contributed by atoms with Gasteiger partial charge in [-0.2, -0.15) is 0 Å². The number of nitrogens with two attached hydrogens (primary N) is 1. The maximum atomic E-state index is 14.2. The van der Waals surface area contributed by atoms with Crippen LogP contribution in [0.4, 0.5) is 5.69 Å². The van der Waals surface area contributed by atoms with Crippen molar-refractivity contribution >= 4 is 227 Å². The standard InChI is InChI=1S/C42H24BrCl.C37H22O.C27H15BrO.C10H9BO2.C7H5BrClNO2/c43-36-23-34-35(24-37(36)44)39(27-14-5-2-6-15-27)41-32-20-10-19-31-30(29-18-9-16-25-11-7-8-17-28(25)29)21-22-33(40(31)32)42(41)38(34)26-12-3-1-4-13-26;38-37-32(24-12-3-1-4-13-24)35-30-20-10-19-29-28(27-18-9-16-23-11-7-8-17-26(23)27)21-22-31(34(29)30)36(35)33(37)25-14-5-2-6-15-25;28-21-15-14-20-24-18(21)12-7-13-19(24)25-22(16-8-3-1-4-9-16)27(29)23(26(20)25)17-10-5-2-6-11-17;12-11(13)10-7-3-5-8-4-1-2-6-9(8)10;8-4-1-3(7(11)12)6(10)2-5(4)9/h1-24H;1-22H;1-15H;1-7,12-13H;1-2H,10H2,(H,11,12). The molecule has 7 nitrogen and oxygen atoms in total. The van der Waals surface area contributed by atoms with E-state index >= 15 is 0 Å². The van der Waals surface area contributed by atoms with Crippen molar-refractivity contribution in [2.75, 3.05) is 5.73 Å². The molecule has 13 heteroatoms. The van der Waals surface area contributed by atoms with E-state index in [0.717, 1.165) is 114 Å². The highest BCUT2D eigenvalue weighted by atomic mass is 79.9. The van der Waals surface area contributed by atoms with Crippen LogP contribution < -0.4 is 11.2 Å². The Kier molecular flexibility index (Phi) is 22.9. The Balaban J connectivity index is 0.000000106. The van der Waals surface area contributed by atoms with E-state index in [2.05, 4.69) is 321 Å². The van der Waals surface area contributed by atoms with E-state index in [1.54, 1.807) is 6.07 Å². The van der Waals surface area contributed by atoms with E-state index in [1.807, 2.05) is 133 Å². The Morgan fingerprint density at radius 2 is 0.537 bits per heavy atom. The third-order valence-electron chi connectivity index (χ3n) is 26.4. The molecule has 0 spiro atoms. The molecular weight excluding hydrogens is 1910 g/mol. The molecule has 26 rings (SSSR count). The number of carboxylic acid groups (broad SMARTS) is 1. The second-order valence-electron chi connectivity index (χ2n) is 33.9. The van der Waals surface area contributed by atoms with E-state index < -0.39 is 13.1 Å². The van der Waals surface area contributed by atoms with Gasteiger partial charge in [0.25, 0.3) is 0 Å². The van der Waals surface area contributed by atoms with Gasteiger partial charge in [0.05, 0.1) is 15.6 Å². The zero-order valence-corrected chi connectivity index (χ0v) is 78.8. The number of anilines is 1. The van der Waals surface area contributed by atoms with Crippen molar-refractivity contribution in [1.29, 1.82) is 0 Å². The summed E-state index contributed by atoms with van der Waals surface area (Å²) in [6.07, 6.45) is 0. The zero-order valence-electron chi connectivity index (χ0n) is 72.5. The van der Waals surface area contributed by atoms with E-state index in [0.29, 0.717) is 20.0 Å². The SMILES string of the molecule is Clc1cc2c(-c3ccccc3)c3c(c(-c4ccccc4)c2cc1Br)-c1ccc(-c2cccc4ccccc24)c2cccc-3c12.Nc1cc(Cl)c(Br)cc1C(=O)O.O=C1C(c2ccccc2)=C2C(=C1c1ccccc1)c1ccc(-c3cccc4ccccc34)c3cccc2c13.O=C1C(c2ccccc2)=C2C(=C1c1ccccc1)c1ccc(Br)c3cccc2c13.OB(O)c1cccc2ccccc12. The minimum absolute atomic E-state index is 0.0475. The summed E-state index contributed by atoms with van der Waals surface area (Å²) in [4.78, 5) is 38.5. The Morgan fingerprint density at radius 3 is 0.978 bits per heavy atom. The van der Waals surface area contributed by atoms with E-state index in [-0.39, 0.29) is 22.8 Å². The van der Waals surface area contributed by atoms with Gasteiger partial charge < -0.3 is 20.9 Å². The van der Waals surface area contributed by atoms with Crippen LogP contribution in [0.3, 0.4) is 0 Å². The Hall–Kier alpha value is -15.0. The minimum atomic E-state index is -1.40. The molecule has 5 N–H and O–H groups in total. The summed E-state index contributed by atoms with van der Waals surface area (Å²) in [5.41, 5.74) is 37.0. The third-order valence-corrected chi connectivity index (χ3v) is 29.5. The highest BCUT2D eigenvalue weighted by Gasteiger charge is 2.43. The van der Waals surface area contributed by atoms with Crippen LogP contribution >= 0.6 is 71.0 Å². The summed E-state index contributed by atoms with van der Waals surface area (Å²) < 4.78 is 2.50. The van der Waals surface area contributed by atoms with Crippen LogP contribution in [-0.4, -0.2) is 39.8 Å². The molecule has 0 heterocycles. The van der Waals surface area contributed by atoms with Gasteiger partial charge in [0.2, 0.25) is 0 Å². The first-order valence-corrected chi connectivity index (χ1v) is 47.7. The number of halogens is 5. The van der Waals surface area contributed by atoms with Crippen LogP contribution in [0.5, 0.6) is 0 Å². The molecule has 0 unspecified atom stereocenters. The fraction of sp³-hybridized carbons (Fsp3) is 0. The highest BCUT2D eigenvalue weighted by molar-refractivity contribution is 9.11. The average molecular weight is 1980 g/mol. The molecule has 5 aliphatic rings. The number of aromatic carboxylic acids is 1. The normalized spacial score (nSPS) is 12.8. The number of ketones is 2. The van der Waals surface area contributed by atoms with Crippen molar-refractivity contribution in [2.24, 2.45) is 0 Å². The molecule has 0 saturated carbocycles. The summed E-state index contributed by atoms with van der Waals surface area (Å²) >= 11 is 23.1. The molecule has 0 radical (unpaired) electrons. The summed E-state index contributed by atoms with van der Waals surface area (Å²) in [5.74, 6) is -0.851. The molecule has 646 valence electrons. The summed E-state index contributed by atoms with van der Waals surface area (Å²) in [7, 11) is -1.40. The second-order valence-corrected chi connectivity index (χ2v) is 37.3. The third kappa shape index (κ3) is 14.9. The fourth-order valence-electron chi connectivity index (χ4n) is 20.7. The maximum Gasteiger partial charge on any atom is 0.489 e. The first-order valence-electron chi connectivity index (χ1n) is 44.6. The lowest BCUT2D eigenvalue weighted by atomic mass is 9.77. The van der Waals surface area contributed by atoms with Gasteiger partial charge in [-0.05, 0) is 254 Å². The fourth-order valence-corrected chi connectivity index (χ4v) is 22.2. The van der Waals surface area contributed by atoms with Gasteiger partial charge in [0, 0.05) is 63.7 Å². The Bertz CT molecular complexity index is 8490. The van der Waals surface area contributed by atoms with Crippen LogP contribution in [0.2, 0.25) is 10.0 Å². The molecule has 136 heavy (non-hydrogen) atoms. The summed E-state index contributed by atoms with van der Waals surface area (Å²) in [6, 6.07) is 146. The van der Waals surface area contributed by atoms with Gasteiger partial charge in [0.1, 0.15) is 0 Å². The second kappa shape index (κ2) is 36.1. The van der Waals surface area contributed by atoms with Gasteiger partial charge >= 0.3 is 13.1 Å². The van der Waals surface area contributed by atoms with Crippen LogP contribution in [0.1, 0.15) is 54.9 Å². The van der Waals surface area contributed by atoms with Crippen molar-refractivity contribution < 1.29 is 29.5 Å². The number of Topliss-reactive ketones (excluding diaryl/α,β-unsaturated/α-hetero) is 2. The summed E-state index contributed by atoms with van der Waals surface area (Å²) in [6.45, 7) is 0. The number of rotatable bonds is 10. The maximum absolute atomic E-state index is 14.2. The Labute approximate surface area is 820 Å². The molecule has 0 fully saturated rings. The van der Waals surface area contributed by atoms with Gasteiger partial charge in [-0.25, -0.2) is 4.79 Å². The van der Waals surface area contributed by atoms with E-state index in [9.17, 15) is 14.4 Å². The van der Waals surface area contributed by atoms with Crippen molar-refractivity contribution in [3.63, 3.8) is 0 Å². The number of carbonyl (C=O) groups is 3. The van der Waals surface area contributed by atoms with E-state index in [4.69, 9.17) is 44.1 Å². The number of hydrogen-bond acceptors (Lipinski definition) is 6. The molecule has 21 aromatic carbocycles. The van der Waals surface area contributed by atoms with E-state index in [1.165, 1.54) is 138 Å². The van der Waals surface area contributed by atoms with Gasteiger partial charge in [0.15, 0.2) is 11.6 Å². The molecule has 0 saturated heterocycles. The lowest BCUT2D eigenvalue weighted by Crippen LogP contribution is -2.30. The molecule has 5 aliphatic carbocycles. The smallest absolute Gasteiger partial charge is 0.478 e. The van der Waals surface area contributed by atoms with Gasteiger partial charge in [-0.3, -0.25) is 9.59 Å². The number of fused-ring (bicyclic) bond motifs is 13. The van der Waals surface area contributed by atoms with Crippen LogP contribution in [0, 0.1) is 0 Å². The van der Waals surface area contributed by atoms with Crippen molar-refractivity contribution in [3.8, 4) is 66.8 Å². The molecule has 0 aliphatic heterocycles. The van der Waals surface area contributed by atoms with Crippen molar-refractivity contribution in [2.45, 2.75) is 0 Å². The molecule has 21 aromatic rings. The first kappa shape index (κ1) is 86.4. The van der Waals surface area contributed by atoms with Gasteiger partial charge in [-0.15, -0.1) is 0 Å². The molecular formula is C123H75BBr3Cl2NO6. The number of benzene rings is 21. The zero-order chi connectivity index (χ0) is 92.7. The number of carbonyl (C=O) groups excluding carboxylic acids is 2. The lowest BCUT2D eigenvalue weighted by Gasteiger charge is -2.21. The van der Waals surface area contributed by atoms with Crippen molar-refractivity contribution in [1.82, 2.24) is 0 Å². The number of nitrogen functional groups attached to an aromatic ring is 1. The molecule has 0 aromatic heterocycles. The van der Waals surface area contributed by atoms with Gasteiger partial charge in [-0.1, -0.05) is 433 Å². The lowest BCUT2D eigenvalue weighted by molar-refractivity contribution is -0.109.